The van der Waals surface area contributed by atoms with E-state index in [1.54, 1.807) is 42.5 Å². The van der Waals surface area contributed by atoms with Gasteiger partial charge in [0.1, 0.15) is 0 Å². The number of anilines is 1. The van der Waals surface area contributed by atoms with Crippen LogP contribution >= 0.6 is 23.4 Å². The summed E-state index contributed by atoms with van der Waals surface area (Å²) in [7, 11) is 0. The Morgan fingerprint density at radius 2 is 2.00 bits per heavy atom. The molecule has 0 bridgehead atoms. The molecule has 144 valence electrons. The number of nitrogens with zero attached hydrogens (tertiary/aromatic N) is 5. The summed E-state index contributed by atoms with van der Waals surface area (Å²) in [6.45, 7) is 1.46. The number of rotatable bonds is 2. The van der Waals surface area contributed by atoms with Crippen molar-refractivity contribution in [3.05, 3.63) is 58.6 Å². The van der Waals surface area contributed by atoms with E-state index in [0.29, 0.717) is 38.3 Å². The van der Waals surface area contributed by atoms with Crippen LogP contribution in [0.3, 0.4) is 0 Å². The molecule has 0 fully saturated rings. The molecule has 0 saturated heterocycles. The number of amides is 1. The number of carbonyl (C=O) groups excluding carboxylic acids is 1. The third kappa shape index (κ3) is 3.50. The maximum Gasteiger partial charge on any atom is 0.247 e. The molecular formula is C20H14ClN5O2S. The lowest BCUT2D eigenvalue weighted by Gasteiger charge is -2.30. The zero-order valence-corrected chi connectivity index (χ0v) is 17.0. The summed E-state index contributed by atoms with van der Waals surface area (Å²) in [4.78, 5) is 18.7. The molecule has 9 heteroatoms. The van der Waals surface area contributed by atoms with Gasteiger partial charge in [0.05, 0.1) is 17.3 Å². The number of fused-ring (bicyclic) bond motifs is 3. The lowest BCUT2D eigenvalue weighted by molar-refractivity contribution is -0.118. The smallest absolute Gasteiger partial charge is 0.247 e. The zero-order chi connectivity index (χ0) is 20.5. The van der Waals surface area contributed by atoms with E-state index in [1.807, 2.05) is 6.26 Å². The highest BCUT2D eigenvalue weighted by Crippen LogP contribution is 2.44. The number of ether oxygens (including phenoxy) is 1. The van der Waals surface area contributed by atoms with Crippen molar-refractivity contribution in [2.75, 3.05) is 11.2 Å². The van der Waals surface area contributed by atoms with Crippen molar-refractivity contribution in [1.82, 2.24) is 15.2 Å². The Kier molecular flexibility index (Phi) is 5.09. The Morgan fingerprint density at radius 3 is 2.66 bits per heavy atom. The van der Waals surface area contributed by atoms with Crippen LogP contribution in [0.5, 0.6) is 5.88 Å². The summed E-state index contributed by atoms with van der Waals surface area (Å²) >= 11 is 7.56. The predicted molar refractivity (Wildman–Crippen MR) is 110 cm³/mol. The largest absolute Gasteiger partial charge is 0.447 e. The first-order valence-corrected chi connectivity index (χ1v) is 10.2. The first-order valence-electron chi connectivity index (χ1n) is 8.57. The van der Waals surface area contributed by atoms with Gasteiger partial charge in [0.15, 0.2) is 5.69 Å². The molecule has 3 aromatic rings. The molecule has 0 saturated carbocycles. The summed E-state index contributed by atoms with van der Waals surface area (Å²) in [5, 5.41) is 18.4. The Hall–Kier alpha value is -3.15. The van der Waals surface area contributed by atoms with Crippen LogP contribution in [0.4, 0.5) is 5.69 Å². The van der Waals surface area contributed by atoms with Gasteiger partial charge >= 0.3 is 0 Å². The van der Waals surface area contributed by atoms with E-state index in [1.165, 1.54) is 23.6 Å². The highest BCUT2D eigenvalue weighted by molar-refractivity contribution is 7.98. The number of halogens is 1. The fourth-order valence-electron chi connectivity index (χ4n) is 3.10. The first kappa shape index (κ1) is 19.2. The monoisotopic (exact) mass is 423 g/mol. The summed E-state index contributed by atoms with van der Waals surface area (Å²) in [5.74, 6) is 0.0276. The fraction of sp³-hybridized carbons (Fsp3) is 0.150. The fourth-order valence-corrected chi connectivity index (χ4v) is 3.57. The predicted octanol–water partition coefficient (Wildman–Crippen LogP) is 4.23. The number of aromatic nitrogens is 3. The number of thioether (sulfide) groups is 1. The molecule has 1 atom stereocenters. The minimum Gasteiger partial charge on any atom is -0.447 e. The molecular weight excluding hydrogens is 410 g/mol. The number of hydrogen-bond donors (Lipinski definition) is 0. The standard InChI is InChI=1S/C20H14ClN5O2S/c1-11(27)26-16-8-7-14(21)9-15(16)17-18(23-20(29-2)25-24-17)28-19(26)13-5-3-12(10-22)4-6-13/h3-9,19H,1-2H3/t19-/m1/s1. The number of hydrogen-bond acceptors (Lipinski definition) is 7. The van der Waals surface area contributed by atoms with Gasteiger partial charge < -0.3 is 4.74 Å². The molecule has 0 unspecified atom stereocenters. The second-order valence-corrected chi connectivity index (χ2v) is 7.42. The quantitative estimate of drug-likeness (QED) is 0.569. The van der Waals surface area contributed by atoms with Gasteiger partial charge in [-0.05, 0) is 36.6 Å². The minimum atomic E-state index is -0.798. The normalized spacial score (nSPS) is 14.8. The molecule has 0 radical (unpaired) electrons. The third-order valence-electron chi connectivity index (χ3n) is 4.41. The Labute approximate surface area is 176 Å². The number of carbonyl (C=O) groups is 1. The van der Waals surface area contributed by atoms with Crippen LogP contribution in [-0.4, -0.2) is 27.3 Å². The van der Waals surface area contributed by atoms with Gasteiger partial charge in [-0.15, -0.1) is 10.2 Å². The Bertz CT molecular complexity index is 1150. The van der Waals surface area contributed by atoms with Crippen molar-refractivity contribution in [3.63, 3.8) is 0 Å². The molecule has 1 aromatic heterocycles. The second kappa shape index (κ2) is 7.70. The van der Waals surface area contributed by atoms with Crippen LogP contribution in [0.15, 0.2) is 47.6 Å². The van der Waals surface area contributed by atoms with E-state index in [2.05, 4.69) is 21.3 Å². The van der Waals surface area contributed by atoms with Crippen molar-refractivity contribution in [2.45, 2.75) is 18.3 Å². The van der Waals surface area contributed by atoms with Crippen LogP contribution in [0.1, 0.15) is 24.3 Å². The average molecular weight is 424 g/mol. The van der Waals surface area contributed by atoms with Crippen molar-refractivity contribution in [2.24, 2.45) is 0 Å². The lowest BCUT2D eigenvalue weighted by Crippen LogP contribution is -2.36. The van der Waals surface area contributed by atoms with Gasteiger partial charge in [0, 0.05) is 23.1 Å². The number of nitriles is 1. The summed E-state index contributed by atoms with van der Waals surface area (Å²) < 4.78 is 6.21. The third-order valence-corrected chi connectivity index (χ3v) is 5.19. The number of benzene rings is 2. The van der Waals surface area contributed by atoms with Crippen molar-refractivity contribution >= 4 is 35.0 Å². The van der Waals surface area contributed by atoms with E-state index >= 15 is 0 Å². The second-order valence-electron chi connectivity index (χ2n) is 6.21. The molecule has 2 aromatic carbocycles. The molecule has 1 aliphatic heterocycles. The highest BCUT2D eigenvalue weighted by atomic mass is 35.5. The van der Waals surface area contributed by atoms with E-state index in [0.717, 1.165) is 0 Å². The van der Waals surface area contributed by atoms with Gasteiger partial charge in [-0.2, -0.15) is 10.2 Å². The Morgan fingerprint density at radius 1 is 1.24 bits per heavy atom. The van der Waals surface area contributed by atoms with E-state index in [9.17, 15) is 4.79 Å². The molecule has 0 spiro atoms. The SMILES string of the molecule is CSc1nnc2c(n1)O[C@H](c1ccc(C#N)cc1)N(C(C)=O)c1ccc(Cl)cc1-2. The van der Waals surface area contributed by atoms with Gasteiger partial charge in [0.25, 0.3) is 0 Å². The molecule has 2 heterocycles. The maximum atomic E-state index is 12.7. The summed E-state index contributed by atoms with van der Waals surface area (Å²) in [5.41, 5.74) is 2.80. The molecule has 1 amide bonds. The van der Waals surface area contributed by atoms with Gasteiger partial charge in [-0.3, -0.25) is 9.69 Å². The van der Waals surface area contributed by atoms with Crippen LogP contribution in [0.25, 0.3) is 11.3 Å². The molecule has 0 aliphatic carbocycles. The van der Waals surface area contributed by atoms with Crippen molar-refractivity contribution in [3.8, 4) is 23.2 Å². The van der Waals surface area contributed by atoms with Crippen LogP contribution in [0.2, 0.25) is 5.02 Å². The summed E-state index contributed by atoms with van der Waals surface area (Å²) in [6, 6.07) is 14.1. The van der Waals surface area contributed by atoms with Gasteiger partial charge in [-0.1, -0.05) is 35.5 Å². The van der Waals surface area contributed by atoms with Gasteiger partial charge in [0.2, 0.25) is 23.2 Å². The average Bonchev–Trinajstić information content (AvgIpc) is 2.87. The minimum absolute atomic E-state index is 0.228. The molecule has 29 heavy (non-hydrogen) atoms. The molecule has 0 N–H and O–H groups in total. The van der Waals surface area contributed by atoms with Crippen molar-refractivity contribution < 1.29 is 9.53 Å². The molecule has 1 aliphatic rings. The Balaban J connectivity index is 1.97. The van der Waals surface area contributed by atoms with E-state index in [4.69, 9.17) is 21.6 Å². The maximum absolute atomic E-state index is 12.7. The van der Waals surface area contributed by atoms with Crippen LogP contribution in [0, 0.1) is 11.3 Å². The topological polar surface area (TPSA) is 92.0 Å². The molecule has 7 nitrogen and oxygen atoms in total. The lowest BCUT2D eigenvalue weighted by atomic mass is 10.1. The van der Waals surface area contributed by atoms with Crippen molar-refractivity contribution in [1.29, 1.82) is 5.26 Å². The summed E-state index contributed by atoms with van der Waals surface area (Å²) in [6.07, 6.45) is 1.04. The zero-order valence-electron chi connectivity index (χ0n) is 15.5. The van der Waals surface area contributed by atoms with E-state index in [-0.39, 0.29) is 11.8 Å². The first-order chi connectivity index (χ1) is 14.0. The van der Waals surface area contributed by atoms with Crippen LogP contribution in [-0.2, 0) is 4.79 Å². The van der Waals surface area contributed by atoms with E-state index < -0.39 is 6.23 Å². The van der Waals surface area contributed by atoms with Gasteiger partial charge in [-0.25, -0.2) is 0 Å². The molecule has 4 rings (SSSR count). The van der Waals surface area contributed by atoms with Crippen LogP contribution < -0.4 is 9.64 Å². The highest BCUT2D eigenvalue weighted by Gasteiger charge is 2.34.